The number of aliphatic hydroxyl groups excluding tert-OH is 1. The summed E-state index contributed by atoms with van der Waals surface area (Å²) in [5.74, 6) is 0.673. The molecule has 1 heterocycles. The summed E-state index contributed by atoms with van der Waals surface area (Å²) in [6.45, 7) is 4.77. The zero-order valence-electron chi connectivity index (χ0n) is 12.5. The molecule has 0 aliphatic heterocycles. The highest BCUT2D eigenvalue weighted by Gasteiger charge is 2.09. The molecule has 1 atom stereocenters. The number of aromatic nitrogens is 1. The summed E-state index contributed by atoms with van der Waals surface area (Å²) in [5.41, 5.74) is 3.70. The highest BCUT2D eigenvalue weighted by molar-refractivity contribution is 7.71. The Morgan fingerprint density at radius 3 is 2.76 bits per heavy atom. The molecule has 5 heteroatoms. The summed E-state index contributed by atoms with van der Waals surface area (Å²) in [4.78, 5) is 3.14. The fraction of sp³-hybridized carbons (Fsp3) is 0.438. The Balaban J connectivity index is 1.94. The largest absolute Gasteiger partial charge is 0.435 e. The van der Waals surface area contributed by atoms with Gasteiger partial charge >= 0.3 is 0 Å². The van der Waals surface area contributed by atoms with Crippen LogP contribution in [-0.4, -0.2) is 22.7 Å². The van der Waals surface area contributed by atoms with Crippen molar-refractivity contribution in [1.82, 2.24) is 4.98 Å². The zero-order valence-corrected chi connectivity index (χ0v) is 13.3. The Kier molecular flexibility index (Phi) is 5.59. The van der Waals surface area contributed by atoms with E-state index in [0.717, 1.165) is 18.5 Å². The monoisotopic (exact) mass is 306 g/mol. The van der Waals surface area contributed by atoms with Gasteiger partial charge in [-0.2, -0.15) is 0 Å². The van der Waals surface area contributed by atoms with Crippen molar-refractivity contribution in [3.05, 3.63) is 46.1 Å². The molecular weight excluding hydrogens is 284 g/mol. The lowest BCUT2D eigenvalue weighted by Crippen LogP contribution is -2.22. The van der Waals surface area contributed by atoms with Gasteiger partial charge in [0.2, 0.25) is 0 Å². The number of benzene rings is 1. The normalized spacial score (nSPS) is 12.3. The molecule has 0 aliphatic rings. The number of nitrogens with one attached hydrogen (secondary N) is 2. The second-order valence-corrected chi connectivity index (χ2v) is 5.45. The molecule has 0 spiro atoms. The number of aliphatic hydroxyl groups is 1. The third-order valence-corrected chi connectivity index (χ3v) is 3.70. The highest BCUT2D eigenvalue weighted by atomic mass is 32.1. The smallest absolute Gasteiger partial charge is 0.266 e. The van der Waals surface area contributed by atoms with E-state index >= 15 is 0 Å². The van der Waals surface area contributed by atoms with E-state index in [1.165, 1.54) is 11.1 Å². The summed E-state index contributed by atoms with van der Waals surface area (Å²) in [7, 11) is 0. The fourth-order valence-electron chi connectivity index (χ4n) is 2.28. The number of oxazole rings is 1. The van der Waals surface area contributed by atoms with E-state index < -0.39 is 6.10 Å². The second-order valence-electron chi connectivity index (χ2n) is 5.08. The minimum absolute atomic E-state index is 0.341. The van der Waals surface area contributed by atoms with Crippen molar-refractivity contribution in [3.8, 4) is 0 Å². The van der Waals surface area contributed by atoms with E-state index in [1.807, 2.05) is 0 Å². The lowest BCUT2D eigenvalue weighted by atomic mass is 10.0. The molecule has 0 bridgehead atoms. The van der Waals surface area contributed by atoms with Crippen LogP contribution in [0.2, 0.25) is 0 Å². The van der Waals surface area contributed by atoms with E-state index in [1.54, 1.807) is 6.20 Å². The maximum Gasteiger partial charge on any atom is 0.266 e. The molecule has 0 radical (unpaired) electrons. The number of aromatic amines is 1. The van der Waals surface area contributed by atoms with Gasteiger partial charge < -0.3 is 19.8 Å². The number of anilines is 1. The highest BCUT2D eigenvalue weighted by Crippen LogP contribution is 2.19. The molecule has 3 N–H and O–H groups in total. The molecule has 0 fully saturated rings. The van der Waals surface area contributed by atoms with Crippen LogP contribution in [0.5, 0.6) is 0 Å². The fourth-order valence-corrected chi connectivity index (χ4v) is 2.45. The molecule has 1 aromatic carbocycles. The Morgan fingerprint density at radius 1 is 1.33 bits per heavy atom. The molecule has 0 amide bonds. The first kappa shape index (κ1) is 15.8. The molecule has 0 aliphatic carbocycles. The predicted octanol–water partition coefficient (Wildman–Crippen LogP) is 3.48. The van der Waals surface area contributed by atoms with Crippen molar-refractivity contribution in [2.24, 2.45) is 0 Å². The van der Waals surface area contributed by atoms with Gasteiger partial charge in [0.1, 0.15) is 5.76 Å². The van der Waals surface area contributed by atoms with Gasteiger partial charge in [0, 0.05) is 24.8 Å². The molecular formula is C16H22N2O2S. The Labute approximate surface area is 130 Å². The predicted molar refractivity (Wildman–Crippen MR) is 87.3 cm³/mol. The van der Waals surface area contributed by atoms with Crippen LogP contribution in [0, 0.1) is 4.84 Å². The van der Waals surface area contributed by atoms with Crippen molar-refractivity contribution in [2.75, 3.05) is 11.9 Å². The quantitative estimate of drug-likeness (QED) is 0.685. The molecule has 1 aromatic heterocycles. The van der Waals surface area contributed by atoms with Gasteiger partial charge in [-0.1, -0.05) is 26.0 Å². The second kappa shape index (κ2) is 7.43. The lowest BCUT2D eigenvalue weighted by molar-refractivity contribution is 0.180. The Hall–Kier alpha value is -1.59. The van der Waals surface area contributed by atoms with Crippen LogP contribution in [0.4, 0.5) is 5.69 Å². The average Bonchev–Trinajstić information content (AvgIpc) is 2.90. The first-order valence-electron chi connectivity index (χ1n) is 7.33. The Bertz CT molecular complexity index is 633. The number of H-pyrrole nitrogens is 1. The molecule has 0 saturated carbocycles. The summed E-state index contributed by atoms with van der Waals surface area (Å²) in [5, 5.41) is 13.4. The maximum absolute atomic E-state index is 10.1. The van der Waals surface area contributed by atoms with Gasteiger partial charge in [-0.05, 0) is 42.3 Å². The van der Waals surface area contributed by atoms with Crippen LogP contribution in [0.25, 0.3) is 0 Å². The standard InChI is InChI=1S/C16H22N2O2S/c1-3-11-5-6-15(12(4-2)7-11)17-9-13(19)8-14-10-18-16(21)20-14/h5-7,10,13,17,19H,3-4,8-9H2,1-2H3,(H,18,21). The summed E-state index contributed by atoms with van der Waals surface area (Å²) in [6, 6.07) is 6.44. The molecule has 114 valence electrons. The van der Waals surface area contributed by atoms with Gasteiger partial charge in [0.15, 0.2) is 0 Å². The van der Waals surface area contributed by atoms with Gasteiger partial charge in [-0.25, -0.2) is 0 Å². The molecule has 4 nitrogen and oxygen atoms in total. The van der Waals surface area contributed by atoms with Crippen molar-refractivity contribution in [1.29, 1.82) is 0 Å². The summed E-state index contributed by atoms with van der Waals surface area (Å²) in [6.07, 6.45) is 3.62. The van der Waals surface area contributed by atoms with Crippen LogP contribution in [0.15, 0.2) is 28.8 Å². The molecule has 0 saturated heterocycles. The van der Waals surface area contributed by atoms with Crippen LogP contribution in [0.1, 0.15) is 30.7 Å². The first-order chi connectivity index (χ1) is 10.1. The van der Waals surface area contributed by atoms with Crippen LogP contribution in [0.3, 0.4) is 0 Å². The number of hydrogen-bond donors (Lipinski definition) is 3. The van der Waals surface area contributed by atoms with Gasteiger partial charge in [0.25, 0.3) is 4.84 Å². The van der Waals surface area contributed by atoms with Crippen molar-refractivity contribution in [2.45, 2.75) is 39.2 Å². The molecule has 2 rings (SSSR count). The topological polar surface area (TPSA) is 61.2 Å². The third-order valence-electron chi connectivity index (χ3n) is 3.50. The summed E-state index contributed by atoms with van der Waals surface area (Å²) >= 11 is 4.86. The van der Waals surface area contributed by atoms with E-state index in [-0.39, 0.29) is 0 Å². The summed E-state index contributed by atoms with van der Waals surface area (Å²) < 4.78 is 5.25. The van der Waals surface area contributed by atoms with Gasteiger partial charge in [-0.3, -0.25) is 0 Å². The average molecular weight is 306 g/mol. The molecule has 2 aromatic rings. The van der Waals surface area contributed by atoms with Crippen molar-refractivity contribution < 1.29 is 9.52 Å². The minimum Gasteiger partial charge on any atom is -0.435 e. The molecule has 1 unspecified atom stereocenters. The molecule has 21 heavy (non-hydrogen) atoms. The maximum atomic E-state index is 10.1. The van der Waals surface area contributed by atoms with Crippen molar-refractivity contribution in [3.63, 3.8) is 0 Å². The van der Waals surface area contributed by atoms with E-state index in [4.69, 9.17) is 16.6 Å². The number of aryl methyl sites for hydroxylation is 2. The van der Waals surface area contributed by atoms with E-state index in [2.05, 4.69) is 42.3 Å². The van der Waals surface area contributed by atoms with Crippen LogP contribution >= 0.6 is 12.2 Å². The number of hydrogen-bond acceptors (Lipinski definition) is 4. The van der Waals surface area contributed by atoms with Crippen LogP contribution < -0.4 is 5.32 Å². The first-order valence-corrected chi connectivity index (χ1v) is 7.74. The zero-order chi connectivity index (χ0) is 15.2. The minimum atomic E-state index is -0.519. The SMILES string of the molecule is CCc1ccc(NCC(O)Cc2c[nH]c(=S)o2)c(CC)c1. The number of rotatable bonds is 7. The van der Waals surface area contributed by atoms with Gasteiger partial charge in [0.05, 0.1) is 6.10 Å². The van der Waals surface area contributed by atoms with E-state index in [9.17, 15) is 5.11 Å². The third kappa shape index (κ3) is 4.44. The van der Waals surface area contributed by atoms with Crippen molar-refractivity contribution >= 4 is 17.9 Å². The van der Waals surface area contributed by atoms with Gasteiger partial charge in [-0.15, -0.1) is 0 Å². The Morgan fingerprint density at radius 2 is 2.14 bits per heavy atom. The van der Waals surface area contributed by atoms with Crippen LogP contribution in [-0.2, 0) is 19.3 Å². The van der Waals surface area contributed by atoms with E-state index in [0.29, 0.717) is 23.6 Å². The lowest BCUT2D eigenvalue weighted by Gasteiger charge is -2.15.